The van der Waals surface area contributed by atoms with Gasteiger partial charge in [0.25, 0.3) is 11.8 Å². The van der Waals surface area contributed by atoms with E-state index in [1.165, 1.54) is 6.07 Å². The standard InChI is InChI=1S/C31H45N3O11/c1-2-40-13-14-42-17-18-44-21-22-45-20-19-43-16-15-41-12-5-3-4-9-26(35)32-24-8-6-7-23-28(24)31(39)34(30(23)38)25-10-11-27(36)33-29(25)37/h6-8,25H,2-5,9-22H2,1H3,(H,32,35)(H,33,36,37). The van der Waals surface area contributed by atoms with Gasteiger partial charge in [-0.25, -0.2) is 0 Å². The minimum absolute atomic E-state index is 0.0344. The summed E-state index contributed by atoms with van der Waals surface area (Å²) in [6.45, 7) is 8.27. The molecule has 1 atom stereocenters. The van der Waals surface area contributed by atoms with Crippen molar-refractivity contribution in [3.05, 3.63) is 29.3 Å². The third-order valence-corrected chi connectivity index (χ3v) is 7.00. The number of imide groups is 2. The molecule has 2 aliphatic rings. The van der Waals surface area contributed by atoms with Crippen LogP contribution in [0, 0.1) is 0 Å². The van der Waals surface area contributed by atoms with E-state index in [2.05, 4.69) is 10.6 Å². The minimum atomic E-state index is -1.06. The second kappa shape index (κ2) is 20.7. The topological polar surface area (TPSA) is 168 Å². The number of hydrogen-bond donors (Lipinski definition) is 2. The summed E-state index contributed by atoms with van der Waals surface area (Å²) in [5, 5.41) is 4.90. The Kier molecular flexibility index (Phi) is 16.7. The average Bonchev–Trinajstić information content (AvgIpc) is 3.27. The Morgan fingerprint density at radius 2 is 1.36 bits per heavy atom. The fraction of sp³-hybridized carbons (Fsp3) is 0.645. The van der Waals surface area contributed by atoms with Crippen LogP contribution in [-0.2, 0) is 42.8 Å². The lowest BCUT2D eigenvalue weighted by molar-refractivity contribution is -0.136. The number of carbonyl (C=O) groups excluding carboxylic acids is 5. The zero-order chi connectivity index (χ0) is 32.3. The molecule has 1 saturated heterocycles. The fourth-order valence-corrected chi connectivity index (χ4v) is 4.74. The van der Waals surface area contributed by atoms with Crippen LogP contribution >= 0.6 is 0 Å². The molecule has 0 aromatic heterocycles. The number of hydrogen-bond acceptors (Lipinski definition) is 11. The van der Waals surface area contributed by atoms with Gasteiger partial charge in [-0.15, -0.1) is 0 Å². The zero-order valence-electron chi connectivity index (χ0n) is 26.0. The summed E-state index contributed by atoms with van der Waals surface area (Å²) in [6, 6.07) is 3.54. The van der Waals surface area contributed by atoms with Crippen molar-refractivity contribution in [2.75, 3.05) is 84.6 Å². The molecule has 0 bridgehead atoms. The van der Waals surface area contributed by atoms with Crippen molar-refractivity contribution in [1.82, 2.24) is 10.2 Å². The van der Waals surface area contributed by atoms with Crippen LogP contribution in [0.25, 0.3) is 0 Å². The predicted molar refractivity (Wildman–Crippen MR) is 161 cm³/mol. The lowest BCUT2D eigenvalue weighted by atomic mass is 10.0. The Bertz CT molecular complexity index is 1130. The summed E-state index contributed by atoms with van der Waals surface area (Å²) in [4.78, 5) is 63.3. The molecule has 1 fully saturated rings. The smallest absolute Gasteiger partial charge is 0.264 e. The number of nitrogens with one attached hydrogen (secondary N) is 2. The van der Waals surface area contributed by atoms with E-state index in [9.17, 15) is 24.0 Å². The van der Waals surface area contributed by atoms with Gasteiger partial charge in [0.2, 0.25) is 17.7 Å². The molecule has 5 amide bonds. The van der Waals surface area contributed by atoms with Gasteiger partial charge in [0, 0.05) is 26.1 Å². The predicted octanol–water partition coefficient (Wildman–Crippen LogP) is 1.71. The van der Waals surface area contributed by atoms with Crippen LogP contribution in [0.15, 0.2) is 18.2 Å². The highest BCUT2D eigenvalue weighted by Gasteiger charge is 2.45. The van der Waals surface area contributed by atoms with Crippen molar-refractivity contribution in [2.45, 2.75) is 51.5 Å². The molecule has 2 heterocycles. The molecule has 1 aromatic rings. The van der Waals surface area contributed by atoms with E-state index in [-0.39, 0.29) is 42.0 Å². The first kappa shape index (κ1) is 36.2. The Hall–Kier alpha value is -3.27. The molecular weight excluding hydrogens is 590 g/mol. The molecule has 0 aliphatic carbocycles. The van der Waals surface area contributed by atoms with E-state index < -0.39 is 29.7 Å². The highest BCUT2D eigenvalue weighted by molar-refractivity contribution is 6.26. The second-order valence-electron chi connectivity index (χ2n) is 10.3. The molecule has 0 radical (unpaired) electrons. The molecule has 14 heteroatoms. The highest BCUT2D eigenvalue weighted by Crippen LogP contribution is 2.32. The van der Waals surface area contributed by atoms with Crippen molar-refractivity contribution in [2.24, 2.45) is 0 Å². The molecule has 3 rings (SSSR count). The van der Waals surface area contributed by atoms with Crippen LogP contribution in [0.3, 0.4) is 0 Å². The summed E-state index contributed by atoms with van der Waals surface area (Å²) >= 11 is 0. The maximum absolute atomic E-state index is 13.1. The number of piperidine rings is 1. The van der Waals surface area contributed by atoms with Gasteiger partial charge in [-0.2, -0.15) is 0 Å². The van der Waals surface area contributed by atoms with Crippen molar-refractivity contribution in [3.63, 3.8) is 0 Å². The minimum Gasteiger partial charge on any atom is -0.379 e. The number of rotatable bonds is 24. The summed E-state index contributed by atoms with van der Waals surface area (Å²) in [5.41, 5.74) is 0.401. The molecule has 1 aromatic carbocycles. The van der Waals surface area contributed by atoms with E-state index in [1.807, 2.05) is 6.92 Å². The summed E-state index contributed by atoms with van der Waals surface area (Å²) < 4.78 is 32.4. The summed E-state index contributed by atoms with van der Waals surface area (Å²) in [7, 11) is 0. The molecule has 2 N–H and O–H groups in total. The average molecular weight is 636 g/mol. The van der Waals surface area contributed by atoms with Gasteiger partial charge in [0.15, 0.2) is 0 Å². The third kappa shape index (κ3) is 12.2. The first-order chi connectivity index (χ1) is 21.9. The molecule has 250 valence electrons. The monoisotopic (exact) mass is 635 g/mol. The maximum Gasteiger partial charge on any atom is 0.264 e. The second-order valence-corrected chi connectivity index (χ2v) is 10.3. The number of fused-ring (bicyclic) bond motifs is 1. The van der Waals surface area contributed by atoms with Gasteiger partial charge >= 0.3 is 0 Å². The number of amides is 5. The van der Waals surface area contributed by atoms with Crippen LogP contribution in [0.2, 0.25) is 0 Å². The van der Waals surface area contributed by atoms with Crippen LogP contribution in [0.1, 0.15) is 66.2 Å². The Balaban J connectivity index is 1.18. The van der Waals surface area contributed by atoms with Crippen LogP contribution in [-0.4, -0.2) is 120 Å². The quantitative estimate of drug-likeness (QED) is 0.125. The molecule has 0 saturated carbocycles. The largest absolute Gasteiger partial charge is 0.379 e. The molecule has 0 spiro atoms. The maximum atomic E-state index is 13.1. The number of anilines is 1. The van der Waals surface area contributed by atoms with Crippen LogP contribution < -0.4 is 10.6 Å². The highest BCUT2D eigenvalue weighted by atomic mass is 16.6. The fourth-order valence-electron chi connectivity index (χ4n) is 4.74. The Morgan fingerprint density at radius 1 is 0.778 bits per heavy atom. The van der Waals surface area contributed by atoms with E-state index in [0.717, 1.165) is 17.7 Å². The molecule has 14 nitrogen and oxygen atoms in total. The van der Waals surface area contributed by atoms with E-state index in [4.69, 9.17) is 28.4 Å². The molecule has 1 unspecified atom stereocenters. The molecular formula is C31H45N3O11. The summed E-state index contributed by atoms with van der Waals surface area (Å²) in [5.74, 6) is -2.69. The number of ether oxygens (including phenoxy) is 6. The number of carbonyl (C=O) groups is 5. The van der Waals surface area contributed by atoms with E-state index in [0.29, 0.717) is 85.7 Å². The van der Waals surface area contributed by atoms with Crippen molar-refractivity contribution < 1.29 is 52.4 Å². The van der Waals surface area contributed by atoms with Gasteiger partial charge in [0.1, 0.15) is 6.04 Å². The van der Waals surface area contributed by atoms with E-state index in [1.54, 1.807) is 12.1 Å². The Morgan fingerprint density at radius 3 is 1.93 bits per heavy atom. The van der Waals surface area contributed by atoms with Gasteiger partial charge < -0.3 is 33.7 Å². The number of nitrogens with zero attached hydrogens (tertiary/aromatic N) is 1. The molecule has 45 heavy (non-hydrogen) atoms. The van der Waals surface area contributed by atoms with Gasteiger partial charge in [-0.3, -0.25) is 34.2 Å². The van der Waals surface area contributed by atoms with Gasteiger partial charge in [0.05, 0.1) is 82.9 Å². The lowest BCUT2D eigenvalue weighted by Gasteiger charge is -2.27. The first-order valence-corrected chi connectivity index (χ1v) is 15.5. The molecule has 2 aliphatic heterocycles. The van der Waals surface area contributed by atoms with E-state index >= 15 is 0 Å². The number of unbranched alkanes of at least 4 members (excludes halogenated alkanes) is 2. The van der Waals surface area contributed by atoms with Crippen LogP contribution in [0.4, 0.5) is 5.69 Å². The number of benzene rings is 1. The lowest BCUT2D eigenvalue weighted by Crippen LogP contribution is -2.54. The SMILES string of the molecule is CCOCCOCCOCCOCCOCCOCCCCCC(=O)Nc1cccc2c1C(=O)N(C1CCC(=O)NC1=O)C2=O. The van der Waals surface area contributed by atoms with Gasteiger partial charge in [-0.05, 0) is 38.3 Å². The summed E-state index contributed by atoms with van der Waals surface area (Å²) in [6.07, 6.45) is 2.51. The third-order valence-electron chi connectivity index (χ3n) is 7.00. The van der Waals surface area contributed by atoms with Crippen molar-refractivity contribution in [1.29, 1.82) is 0 Å². The van der Waals surface area contributed by atoms with Crippen LogP contribution in [0.5, 0.6) is 0 Å². The first-order valence-electron chi connectivity index (χ1n) is 15.5. The Labute approximate surface area is 263 Å². The van der Waals surface area contributed by atoms with Gasteiger partial charge in [-0.1, -0.05) is 12.5 Å². The zero-order valence-corrected chi connectivity index (χ0v) is 26.0. The van der Waals surface area contributed by atoms with Crippen molar-refractivity contribution in [3.8, 4) is 0 Å². The van der Waals surface area contributed by atoms with Crippen molar-refractivity contribution >= 4 is 35.2 Å². The normalized spacial score (nSPS) is 16.3.